The highest BCUT2D eigenvalue weighted by Gasteiger charge is 2.11. The van der Waals surface area contributed by atoms with Crippen LogP contribution in [0.5, 0.6) is 0 Å². The molecule has 18 heavy (non-hydrogen) atoms. The molecule has 0 radical (unpaired) electrons. The molecule has 0 aliphatic heterocycles. The zero-order valence-electron chi connectivity index (χ0n) is 10.2. The second-order valence-corrected chi connectivity index (χ2v) is 4.93. The minimum absolute atomic E-state index is 0.658. The maximum Gasteiger partial charge on any atom is 0.223 e. The lowest BCUT2D eigenvalue weighted by Crippen LogP contribution is -2.04. The number of thiophene rings is 1. The van der Waals surface area contributed by atoms with Gasteiger partial charge in [0.1, 0.15) is 5.82 Å². The minimum Gasteiger partial charge on any atom is -0.357 e. The molecule has 0 aromatic carbocycles. The van der Waals surface area contributed by atoms with E-state index in [1.165, 1.54) is 0 Å². The molecule has 0 saturated heterocycles. The van der Waals surface area contributed by atoms with E-state index in [2.05, 4.69) is 20.3 Å². The molecule has 0 spiro atoms. The highest BCUT2D eigenvalue weighted by atomic mass is 32.1. The fourth-order valence-electron chi connectivity index (χ4n) is 1.87. The summed E-state index contributed by atoms with van der Waals surface area (Å²) in [5.74, 6) is 1.66. The van der Waals surface area contributed by atoms with Crippen molar-refractivity contribution < 1.29 is 0 Å². The van der Waals surface area contributed by atoms with Gasteiger partial charge < -0.3 is 9.88 Å². The predicted octanol–water partition coefficient (Wildman–Crippen LogP) is 2.06. The topological polar surface area (TPSA) is 55.6 Å². The molecule has 92 valence electrons. The van der Waals surface area contributed by atoms with E-state index in [-0.39, 0.29) is 0 Å². The molecular formula is C12H13N5S. The molecule has 0 unspecified atom stereocenters. The summed E-state index contributed by atoms with van der Waals surface area (Å²) < 4.78 is 3.15. The Hall–Kier alpha value is -1.95. The first kappa shape index (κ1) is 11.2. The summed E-state index contributed by atoms with van der Waals surface area (Å²) in [5.41, 5.74) is 2.01. The first-order valence-electron chi connectivity index (χ1n) is 5.66. The van der Waals surface area contributed by atoms with Crippen LogP contribution in [-0.4, -0.2) is 26.6 Å². The lowest BCUT2D eigenvalue weighted by atomic mass is 10.2. The first-order valence-corrected chi connectivity index (χ1v) is 6.54. The van der Waals surface area contributed by atoms with Gasteiger partial charge in [-0.1, -0.05) is 0 Å². The summed E-state index contributed by atoms with van der Waals surface area (Å²) in [6, 6.07) is 2.02. The molecular weight excluding hydrogens is 246 g/mol. The number of nitrogens with one attached hydrogen (secondary N) is 1. The summed E-state index contributed by atoms with van der Waals surface area (Å²) in [4.78, 5) is 13.3. The Labute approximate surface area is 109 Å². The monoisotopic (exact) mass is 259 g/mol. The number of rotatable bonds is 3. The SMILES string of the molecule is CNc1nc(Cc2nccn2C)c2sccc2n1. The number of fused-ring (bicyclic) bond motifs is 1. The third-order valence-corrected chi connectivity index (χ3v) is 3.80. The van der Waals surface area contributed by atoms with E-state index in [4.69, 9.17) is 0 Å². The molecule has 1 N–H and O–H groups in total. The summed E-state index contributed by atoms with van der Waals surface area (Å²) in [7, 11) is 3.83. The number of aryl methyl sites for hydroxylation is 1. The van der Waals surface area contributed by atoms with Gasteiger partial charge in [0.2, 0.25) is 5.95 Å². The Morgan fingerprint density at radius 2 is 2.28 bits per heavy atom. The van der Waals surface area contributed by atoms with Crippen molar-refractivity contribution in [1.82, 2.24) is 19.5 Å². The average molecular weight is 259 g/mol. The van der Waals surface area contributed by atoms with Crippen LogP contribution in [0.4, 0.5) is 5.95 Å². The van der Waals surface area contributed by atoms with E-state index in [0.717, 1.165) is 28.2 Å². The van der Waals surface area contributed by atoms with Crippen LogP contribution in [-0.2, 0) is 13.5 Å². The van der Waals surface area contributed by atoms with Crippen molar-refractivity contribution in [3.05, 3.63) is 35.4 Å². The second-order valence-electron chi connectivity index (χ2n) is 4.01. The molecule has 0 saturated carbocycles. The number of nitrogens with zero attached hydrogens (tertiary/aromatic N) is 4. The summed E-state index contributed by atoms with van der Waals surface area (Å²) in [5, 5.41) is 5.04. The number of hydrogen-bond donors (Lipinski definition) is 1. The van der Waals surface area contributed by atoms with Crippen LogP contribution in [0.15, 0.2) is 23.8 Å². The Bertz CT molecular complexity index is 685. The molecule has 3 rings (SSSR count). The molecule has 5 nitrogen and oxygen atoms in total. The molecule has 0 bridgehead atoms. The van der Waals surface area contributed by atoms with Gasteiger partial charge in [0.05, 0.1) is 15.9 Å². The van der Waals surface area contributed by atoms with E-state index in [0.29, 0.717) is 5.95 Å². The number of anilines is 1. The van der Waals surface area contributed by atoms with Gasteiger partial charge in [0.15, 0.2) is 0 Å². The molecule has 3 aromatic rings. The highest BCUT2D eigenvalue weighted by Crippen LogP contribution is 2.24. The van der Waals surface area contributed by atoms with Crippen molar-refractivity contribution in [3.8, 4) is 0 Å². The summed E-state index contributed by atoms with van der Waals surface area (Å²) in [6.07, 6.45) is 4.47. The molecule has 0 amide bonds. The average Bonchev–Trinajstić information content (AvgIpc) is 2.98. The van der Waals surface area contributed by atoms with Crippen LogP contribution in [0, 0.1) is 0 Å². The third-order valence-electron chi connectivity index (χ3n) is 2.84. The van der Waals surface area contributed by atoms with E-state index < -0.39 is 0 Å². The molecule has 0 fully saturated rings. The van der Waals surface area contributed by atoms with E-state index in [1.54, 1.807) is 17.5 Å². The van der Waals surface area contributed by atoms with E-state index >= 15 is 0 Å². The quantitative estimate of drug-likeness (QED) is 0.782. The molecule has 3 heterocycles. The van der Waals surface area contributed by atoms with Gasteiger partial charge >= 0.3 is 0 Å². The molecule has 0 aliphatic carbocycles. The summed E-state index contributed by atoms with van der Waals surface area (Å²) >= 11 is 1.67. The Morgan fingerprint density at radius 1 is 1.39 bits per heavy atom. The van der Waals surface area contributed by atoms with Crippen LogP contribution in [0.25, 0.3) is 10.2 Å². The van der Waals surface area contributed by atoms with Crippen LogP contribution in [0.1, 0.15) is 11.5 Å². The lowest BCUT2D eigenvalue weighted by molar-refractivity contribution is 0.814. The molecule has 0 atom stereocenters. The maximum atomic E-state index is 4.54. The number of imidazole rings is 1. The molecule has 0 aliphatic rings. The van der Waals surface area contributed by atoms with Gasteiger partial charge in [-0.3, -0.25) is 0 Å². The van der Waals surface area contributed by atoms with Gasteiger partial charge in [-0.2, -0.15) is 0 Å². The van der Waals surface area contributed by atoms with Crippen molar-refractivity contribution in [1.29, 1.82) is 0 Å². The molecule has 3 aromatic heterocycles. The zero-order chi connectivity index (χ0) is 12.5. The van der Waals surface area contributed by atoms with Crippen molar-refractivity contribution in [2.75, 3.05) is 12.4 Å². The van der Waals surface area contributed by atoms with Crippen molar-refractivity contribution in [2.45, 2.75) is 6.42 Å². The van der Waals surface area contributed by atoms with Crippen molar-refractivity contribution in [2.24, 2.45) is 7.05 Å². The standard InChI is InChI=1S/C12H13N5S/c1-13-12-15-8-3-6-18-11(8)9(16-12)7-10-14-4-5-17(10)2/h3-6H,7H2,1-2H3,(H,13,15,16). The highest BCUT2D eigenvalue weighted by molar-refractivity contribution is 7.17. The Morgan fingerprint density at radius 3 is 3.00 bits per heavy atom. The van der Waals surface area contributed by atoms with Gasteiger partial charge in [-0.25, -0.2) is 15.0 Å². The smallest absolute Gasteiger partial charge is 0.223 e. The Balaban J connectivity index is 2.10. The Kier molecular flexibility index (Phi) is 2.71. The lowest BCUT2D eigenvalue weighted by Gasteiger charge is -2.05. The third kappa shape index (κ3) is 1.84. The summed E-state index contributed by atoms with van der Waals surface area (Å²) in [6.45, 7) is 0. The van der Waals surface area contributed by atoms with Crippen LogP contribution in [0.2, 0.25) is 0 Å². The van der Waals surface area contributed by atoms with Crippen LogP contribution < -0.4 is 5.32 Å². The first-order chi connectivity index (χ1) is 8.78. The molecule has 6 heteroatoms. The number of hydrogen-bond acceptors (Lipinski definition) is 5. The van der Waals surface area contributed by atoms with Gasteiger partial charge in [0, 0.05) is 32.9 Å². The number of aromatic nitrogens is 4. The minimum atomic E-state index is 0.658. The van der Waals surface area contributed by atoms with E-state index in [1.807, 2.05) is 36.3 Å². The van der Waals surface area contributed by atoms with E-state index in [9.17, 15) is 0 Å². The van der Waals surface area contributed by atoms with Gasteiger partial charge in [0.25, 0.3) is 0 Å². The zero-order valence-corrected chi connectivity index (χ0v) is 11.0. The van der Waals surface area contributed by atoms with Crippen molar-refractivity contribution >= 4 is 27.5 Å². The second kappa shape index (κ2) is 4.38. The fourth-order valence-corrected chi connectivity index (χ4v) is 2.69. The van der Waals surface area contributed by atoms with Crippen LogP contribution >= 0.6 is 11.3 Å². The largest absolute Gasteiger partial charge is 0.357 e. The normalized spacial score (nSPS) is 11.0. The fraction of sp³-hybridized carbons (Fsp3) is 0.250. The maximum absolute atomic E-state index is 4.54. The predicted molar refractivity (Wildman–Crippen MR) is 73.0 cm³/mol. The van der Waals surface area contributed by atoms with Crippen molar-refractivity contribution in [3.63, 3.8) is 0 Å². The van der Waals surface area contributed by atoms with Gasteiger partial charge in [-0.15, -0.1) is 11.3 Å². The van der Waals surface area contributed by atoms with Gasteiger partial charge in [-0.05, 0) is 11.4 Å². The van der Waals surface area contributed by atoms with Crippen LogP contribution in [0.3, 0.4) is 0 Å².